The maximum atomic E-state index is 5.72. The molecular weight excluding hydrogens is 371 g/mol. The number of nitrogens with one attached hydrogen (secondary N) is 1. The Labute approximate surface area is 136 Å². The van der Waals surface area contributed by atoms with E-state index in [-0.39, 0.29) is 24.0 Å². The van der Waals surface area contributed by atoms with Crippen molar-refractivity contribution in [3.05, 3.63) is 28.2 Å². The van der Waals surface area contributed by atoms with Crippen molar-refractivity contribution in [3.63, 3.8) is 0 Å². The van der Waals surface area contributed by atoms with Gasteiger partial charge in [0.2, 0.25) is 0 Å². The number of nitrogens with two attached hydrogens (primary N) is 1. The third-order valence-electron chi connectivity index (χ3n) is 2.27. The molecule has 6 heteroatoms. The van der Waals surface area contributed by atoms with Crippen LogP contribution in [0.4, 0.5) is 0 Å². The van der Waals surface area contributed by atoms with Gasteiger partial charge in [-0.15, -0.1) is 35.3 Å². The molecule has 0 unspecified atom stereocenters. The summed E-state index contributed by atoms with van der Waals surface area (Å²) >= 11 is 1.72. The summed E-state index contributed by atoms with van der Waals surface area (Å²) < 4.78 is 0. The number of hydrogen-bond acceptors (Lipinski definition) is 3. The Bertz CT molecular complexity index is 426. The maximum absolute atomic E-state index is 5.72. The van der Waals surface area contributed by atoms with E-state index >= 15 is 0 Å². The molecule has 4 nitrogen and oxygen atoms in total. The van der Waals surface area contributed by atoms with Gasteiger partial charge in [0.15, 0.2) is 5.96 Å². The highest BCUT2D eigenvalue weighted by Gasteiger charge is 2.05. The molecule has 3 N–H and O–H groups in total. The monoisotopic (exact) mass is 394 g/mol. The van der Waals surface area contributed by atoms with E-state index < -0.39 is 0 Å². The molecule has 0 fully saturated rings. The summed E-state index contributed by atoms with van der Waals surface area (Å²) in [7, 11) is 0. The molecule has 0 saturated carbocycles. The maximum Gasteiger partial charge on any atom is 0.188 e. The zero-order chi connectivity index (χ0) is 13.5. The molecule has 0 amide bonds. The van der Waals surface area contributed by atoms with E-state index in [0.29, 0.717) is 18.4 Å². The second-order valence-electron chi connectivity index (χ2n) is 4.67. The smallest absolute Gasteiger partial charge is 0.188 e. The predicted octanol–water partition coefficient (Wildman–Crippen LogP) is 2.91. The van der Waals surface area contributed by atoms with Gasteiger partial charge >= 0.3 is 0 Å². The highest BCUT2D eigenvalue weighted by molar-refractivity contribution is 14.0. The first-order valence-electron chi connectivity index (χ1n) is 6.11. The molecule has 19 heavy (non-hydrogen) atoms. The number of nitrogens with zero attached hydrogens (tertiary/aromatic N) is 2. The minimum Gasteiger partial charge on any atom is -0.370 e. The van der Waals surface area contributed by atoms with Crippen LogP contribution in [0.15, 0.2) is 22.5 Å². The van der Waals surface area contributed by atoms with Gasteiger partial charge in [-0.05, 0) is 6.92 Å². The van der Waals surface area contributed by atoms with E-state index in [9.17, 15) is 0 Å². The van der Waals surface area contributed by atoms with Crippen LogP contribution in [0.2, 0.25) is 0 Å². The van der Waals surface area contributed by atoms with Gasteiger partial charge in [-0.1, -0.05) is 26.0 Å². The van der Waals surface area contributed by atoms with Crippen molar-refractivity contribution >= 4 is 41.3 Å². The first kappa shape index (κ1) is 18.4. The van der Waals surface area contributed by atoms with E-state index in [1.54, 1.807) is 11.3 Å². The highest BCUT2D eigenvalue weighted by atomic mass is 127. The van der Waals surface area contributed by atoms with Crippen molar-refractivity contribution in [1.82, 2.24) is 10.3 Å². The van der Waals surface area contributed by atoms with Crippen molar-refractivity contribution in [2.75, 3.05) is 13.1 Å². The lowest BCUT2D eigenvalue weighted by molar-refractivity contribution is 0.806. The van der Waals surface area contributed by atoms with Gasteiger partial charge in [-0.2, -0.15) is 0 Å². The van der Waals surface area contributed by atoms with Crippen LogP contribution < -0.4 is 11.1 Å². The fourth-order valence-corrected chi connectivity index (χ4v) is 2.17. The summed E-state index contributed by atoms with van der Waals surface area (Å²) in [6.45, 7) is 11.4. The Morgan fingerprint density at radius 2 is 2.26 bits per heavy atom. The van der Waals surface area contributed by atoms with Crippen LogP contribution in [0.1, 0.15) is 37.4 Å². The average Bonchev–Trinajstić information content (AvgIpc) is 2.75. The lowest BCUT2D eigenvalue weighted by atomic mass is 10.2. The van der Waals surface area contributed by atoms with Gasteiger partial charge in [-0.3, -0.25) is 0 Å². The molecule has 0 aromatic carbocycles. The number of rotatable bonds is 6. The molecule has 0 atom stereocenters. The Kier molecular flexibility index (Phi) is 8.99. The topological polar surface area (TPSA) is 63.3 Å². The van der Waals surface area contributed by atoms with Gasteiger partial charge in [0, 0.05) is 24.3 Å². The van der Waals surface area contributed by atoms with Crippen molar-refractivity contribution in [2.45, 2.75) is 33.1 Å². The van der Waals surface area contributed by atoms with Crippen LogP contribution >= 0.6 is 35.3 Å². The minimum absolute atomic E-state index is 0. The second kappa shape index (κ2) is 9.30. The summed E-state index contributed by atoms with van der Waals surface area (Å²) in [4.78, 5) is 8.72. The van der Waals surface area contributed by atoms with Crippen LogP contribution in [0.25, 0.3) is 0 Å². The third-order valence-corrected chi connectivity index (χ3v) is 3.46. The largest absolute Gasteiger partial charge is 0.370 e. The minimum atomic E-state index is 0. The van der Waals surface area contributed by atoms with Crippen LogP contribution in [0.5, 0.6) is 0 Å². The van der Waals surface area contributed by atoms with Crippen molar-refractivity contribution in [1.29, 1.82) is 0 Å². The fourth-order valence-electron chi connectivity index (χ4n) is 1.30. The summed E-state index contributed by atoms with van der Waals surface area (Å²) in [6, 6.07) is 0. The van der Waals surface area contributed by atoms with Crippen LogP contribution in [-0.2, 0) is 6.42 Å². The Morgan fingerprint density at radius 3 is 2.79 bits per heavy atom. The summed E-state index contributed by atoms with van der Waals surface area (Å²) in [5, 5.41) is 6.37. The fraction of sp³-hybridized carbons (Fsp3) is 0.538. The molecule has 0 saturated heterocycles. The average molecular weight is 394 g/mol. The molecule has 108 valence electrons. The molecule has 0 aliphatic heterocycles. The third kappa shape index (κ3) is 7.51. The highest BCUT2D eigenvalue weighted by Crippen LogP contribution is 2.19. The Hall–Kier alpha value is -0.630. The van der Waals surface area contributed by atoms with Gasteiger partial charge in [0.1, 0.15) is 0 Å². The molecule has 1 aromatic heterocycles. The Morgan fingerprint density at radius 1 is 1.58 bits per heavy atom. The van der Waals surface area contributed by atoms with Crippen molar-refractivity contribution in [2.24, 2.45) is 10.7 Å². The number of halogens is 1. The number of thiazole rings is 1. The second-order valence-corrected chi connectivity index (χ2v) is 5.56. The molecule has 0 bridgehead atoms. The van der Waals surface area contributed by atoms with Crippen molar-refractivity contribution in [3.8, 4) is 0 Å². The lowest BCUT2D eigenvalue weighted by Crippen LogP contribution is -2.33. The quantitative estimate of drug-likeness (QED) is 0.338. The predicted molar refractivity (Wildman–Crippen MR) is 94.6 cm³/mol. The van der Waals surface area contributed by atoms with E-state index in [0.717, 1.165) is 24.2 Å². The number of hydrogen-bond donors (Lipinski definition) is 2. The number of guanidine groups is 1. The Balaban J connectivity index is 0.00000324. The molecule has 0 radical (unpaired) electrons. The number of aliphatic imine (C=N–C) groups is 1. The van der Waals surface area contributed by atoms with E-state index in [4.69, 9.17) is 5.73 Å². The number of aromatic nitrogens is 1. The molecule has 1 aromatic rings. The van der Waals surface area contributed by atoms with Crippen LogP contribution in [0.3, 0.4) is 0 Å². The molecule has 0 aliphatic carbocycles. The van der Waals surface area contributed by atoms with Crippen LogP contribution in [0, 0.1) is 0 Å². The van der Waals surface area contributed by atoms with Gasteiger partial charge < -0.3 is 11.1 Å². The van der Waals surface area contributed by atoms with E-state index in [1.807, 2.05) is 6.92 Å². The van der Waals surface area contributed by atoms with Gasteiger partial charge in [0.25, 0.3) is 0 Å². The van der Waals surface area contributed by atoms with Gasteiger partial charge in [-0.25, -0.2) is 9.98 Å². The van der Waals surface area contributed by atoms with Gasteiger partial charge in [0.05, 0.1) is 17.2 Å². The summed E-state index contributed by atoms with van der Waals surface area (Å²) in [6.07, 6.45) is 0.868. The summed E-state index contributed by atoms with van der Waals surface area (Å²) in [5.41, 5.74) is 7.84. The van der Waals surface area contributed by atoms with E-state index in [2.05, 4.69) is 41.1 Å². The molecular formula is C13H23IN4S. The standard InChI is InChI=1S/C13H22N4S.HI/c1-9(2)7-16-13(14)15-6-5-11-8-18-12(17-11)10(3)4;/h8,10H,1,5-7H2,2-4H3,(H3,14,15,16);1H. The zero-order valence-electron chi connectivity index (χ0n) is 11.8. The SMILES string of the molecule is C=C(C)CN=C(N)NCCc1csc(C(C)C)n1.I. The first-order chi connectivity index (χ1) is 8.49. The molecule has 0 spiro atoms. The van der Waals surface area contributed by atoms with Crippen molar-refractivity contribution < 1.29 is 0 Å². The molecule has 1 rings (SSSR count). The lowest BCUT2D eigenvalue weighted by Gasteiger charge is -2.04. The van der Waals surface area contributed by atoms with E-state index in [1.165, 1.54) is 5.01 Å². The summed E-state index contributed by atoms with van der Waals surface area (Å²) in [5.74, 6) is 0.969. The normalized spacial score (nSPS) is 11.3. The molecule has 1 heterocycles. The zero-order valence-corrected chi connectivity index (χ0v) is 14.9. The first-order valence-corrected chi connectivity index (χ1v) is 6.99. The molecule has 0 aliphatic rings. The van der Waals surface area contributed by atoms with Crippen LogP contribution in [-0.4, -0.2) is 24.0 Å².